The number of H-pyrrole nitrogens is 1. The number of rotatable bonds is 4. The van der Waals surface area contributed by atoms with Crippen molar-refractivity contribution in [2.24, 2.45) is 0 Å². The number of pyridine rings is 1. The fraction of sp³-hybridized carbons (Fsp3) is 0.333. The number of aromatic nitrogens is 1. The molecule has 0 aliphatic rings. The van der Waals surface area contributed by atoms with Crippen LogP contribution >= 0.6 is 11.6 Å². The molecule has 0 spiro atoms. The van der Waals surface area contributed by atoms with E-state index in [1.807, 2.05) is 6.07 Å². The first kappa shape index (κ1) is 13.8. The van der Waals surface area contributed by atoms with Gasteiger partial charge in [-0.2, -0.15) is 0 Å². The molecule has 0 saturated heterocycles. The van der Waals surface area contributed by atoms with E-state index in [0.29, 0.717) is 5.56 Å². The lowest BCUT2D eigenvalue weighted by Gasteiger charge is -2.14. The Morgan fingerprint density at radius 2 is 2.11 bits per heavy atom. The van der Waals surface area contributed by atoms with E-state index in [4.69, 9.17) is 11.6 Å². The first-order valence-corrected chi connectivity index (χ1v) is 6.86. The molecule has 2 aromatic rings. The molecule has 0 radical (unpaired) electrons. The Hall–Kier alpha value is -1.61. The second kappa shape index (κ2) is 5.57. The summed E-state index contributed by atoms with van der Waals surface area (Å²) < 4.78 is 0. The van der Waals surface area contributed by atoms with Crippen molar-refractivity contribution in [3.63, 3.8) is 0 Å². The molecule has 1 unspecified atom stereocenters. The van der Waals surface area contributed by atoms with E-state index in [1.54, 1.807) is 12.1 Å². The summed E-state index contributed by atoms with van der Waals surface area (Å²) in [6, 6.07) is 6.84. The van der Waals surface area contributed by atoms with Crippen molar-refractivity contribution in [3.8, 4) is 0 Å². The molecule has 100 valence electrons. The molecule has 0 bridgehead atoms. The van der Waals surface area contributed by atoms with Crippen molar-refractivity contribution in [1.82, 2.24) is 4.98 Å². The molecular weight excluding hydrogens is 262 g/mol. The van der Waals surface area contributed by atoms with E-state index in [2.05, 4.69) is 18.8 Å². The number of fused-ring (bicyclic) bond motifs is 1. The van der Waals surface area contributed by atoms with Gasteiger partial charge in [-0.25, -0.2) is 0 Å². The van der Waals surface area contributed by atoms with Crippen LogP contribution in [-0.4, -0.2) is 16.6 Å². The van der Waals surface area contributed by atoms with Gasteiger partial charge in [-0.1, -0.05) is 13.8 Å². The van der Waals surface area contributed by atoms with Gasteiger partial charge in [-0.05, 0) is 41.5 Å². The summed E-state index contributed by atoms with van der Waals surface area (Å²) in [5, 5.41) is 0.867. The molecule has 4 heteroatoms. The Morgan fingerprint density at radius 1 is 1.37 bits per heavy atom. The Kier molecular flexibility index (Phi) is 4.05. The van der Waals surface area contributed by atoms with Crippen LogP contribution in [-0.2, 0) is 0 Å². The molecule has 0 amide bonds. The van der Waals surface area contributed by atoms with E-state index in [-0.39, 0.29) is 23.1 Å². The molecule has 1 N–H and O–H groups in total. The summed E-state index contributed by atoms with van der Waals surface area (Å²) in [6.45, 7) is 4.16. The summed E-state index contributed by atoms with van der Waals surface area (Å²) in [5.74, 6) is 0.136. The van der Waals surface area contributed by atoms with Crippen LogP contribution in [0.25, 0.3) is 10.9 Å². The molecule has 1 heterocycles. The minimum atomic E-state index is -0.131. The predicted octanol–water partition coefficient (Wildman–Crippen LogP) is 3.46. The van der Waals surface area contributed by atoms with Gasteiger partial charge in [0.05, 0.1) is 11.4 Å². The third-order valence-corrected chi connectivity index (χ3v) is 3.69. The maximum Gasteiger partial charge on any atom is 0.248 e. The average molecular weight is 278 g/mol. The van der Waals surface area contributed by atoms with Crippen LogP contribution in [0, 0.1) is 0 Å². The Labute approximate surface area is 116 Å². The molecule has 19 heavy (non-hydrogen) atoms. The molecule has 2 rings (SSSR count). The maximum absolute atomic E-state index is 11.8. The minimum Gasteiger partial charge on any atom is -0.322 e. The van der Waals surface area contributed by atoms with E-state index >= 15 is 0 Å². The summed E-state index contributed by atoms with van der Waals surface area (Å²) in [4.78, 5) is 26.1. The number of halogens is 1. The van der Waals surface area contributed by atoms with Crippen LogP contribution in [0.4, 0.5) is 0 Å². The number of Topliss-reactive ketones (excluding diaryl/α,β-unsaturated/α-hetero) is 1. The molecular formula is C15H16ClNO2. The van der Waals surface area contributed by atoms with Gasteiger partial charge >= 0.3 is 0 Å². The smallest absolute Gasteiger partial charge is 0.248 e. The third-order valence-electron chi connectivity index (χ3n) is 3.45. The number of aromatic amines is 1. The first-order chi connectivity index (χ1) is 9.06. The number of benzene rings is 1. The van der Waals surface area contributed by atoms with E-state index in [1.165, 1.54) is 6.07 Å². The highest BCUT2D eigenvalue weighted by molar-refractivity contribution is 6.30. The van der Waals surface area contributed by atoms with Crippen LogP contribution in [0.3, 0.4) is 0 Å². The number of alkyl halides is 1. The predicted molar refractivity (Wildman–Crippen MR) is 78.3 cm³/mol. The van der Waals surface area contributed by atoms with Gasteiger partial charge in [0.2, 0.25) is 5.56 Å². The van der Waals surface area contributed by atoms with Crippen molar-refractivity contribution in [1.29, 1.82) is 0 Å². The Morgan fingerprint density at radius 3 is 2.74 bits per heavy atom. The van der Waals surface area contributed by atoms with Gasteiger partial charge in [0.1, 0.15) is 0 Å². The lowest BCUT2D eigenvalue weighted by Crippen LogP contribution is -2.08. The van der Waals surface area contributed by atoms with Crippen LogP contribution < -0.4 is 5.56 Å². The van der Waals surface area contributed by atoms with Crippen molar-refractivity contribution in [3.05, 3.63) is 45.7 Å². The average Bonchev–Trinajstić information content (AvgIpc) is 2.44. The topological polar surface area (TPSA) is 49.9 Å². The third kappa shape index (κ3) is 2.71. The summed E-state index contributed by atoms with van der Waals surface area (Å²) in [5.41, 5.74) is 2.28. The molecule has 0 saturated carbocycles. The van der Waals surface area contributed by atoms with E-state index in [9.17, 15) is 9.59 Å². The maximum atomic E-state index is 11.8. The Bertz CT molecular complexity index is 675. The number of hydrogen-bond acceptors (Lipinski definition) is 2. The zero-order chi connectivity index (χ0) is 14.0. The summed E-state index contributed by atoms with van der Waals surface area (Å²) in [6.07, 6.45) is 0.935. The SMILES string of the molecule is CCC(C)c1cc(C(=O)CCl)cc2ccc(=O)[nH]c12. The molecule has 1 aromatic carbocycles. The highest BCUT2D eigenvalue weighted by atomic mass is 35.5. The zero-order valence-corrected chi connectivity index (χ0v) is 11.8. The summed E-state index contributed by atoms with van der Waals surface area (Å²) in [7, 11) is 0. The van der Waals surface area contributed by atoms with Gasteiger partial charge in [-0.3, -0.25) is 9.59 Å². The molecule has 3 nitrogen and oxygen atoms in total. The van der Waals surface area contributed by atoms with Gasteiger partial charge in [0.25, 0.3) is 0 Å². The van der Waals surface area contributed by atoms with Gasteiger partial charge < -0.3 is 4.98 Å². The molecule has 0 aliphatic heterocycles. The highest BCUT2D eigenvalue weighted by Gasteiger charge is 2.13. The lowest BCUT2D eigenvalue weighted by molar-refractivity contribution is 0.102. The quantitative estimate of drug-likeness (QED) is 0.687. The lowest BCUT2D eigenvalue weighted by atomic mass is 9.93. The van der Waals surface area contributed by atoms with E-state index in [0.717, 1.165) is 22.9 Å². The van der Waals surface area contributed by atoms with Crippen molar-refractivity contribution in [2.45, 2.75) is 26.2 Å². The fourth-order valence-corrected chi connectivity index (χ4v) is 2.29. The molecule has 0 aliphatic carbocycles. The largest absolute Gasteiger partial charge is 0.322 e. The molecule has 0 fully saturated rings. The number of hydrogen-bond donors (Lipinski definition) is 1. The second-order valence-electron chi connectivity index (χ2n) is 4.72. The fourth-order valence-electron chi connectivity index (χ4n) is 2.14. The first-order valence-electron chi connectivity index (χ1n) is 6.33. The Balaban J connectivity index is 2.76. The number of carbonyl (C=O) groups excluding carboxylic acids is 1. The zero-order valence-electron chi connectivity index (χ0n) is 11.0. The molecule has 1 aromatic heterocycles. The van der Waals surface area contributed by atoms with Crippen LogP contribution in [0.2, 0.25) is 0 Å². The van der Waals surface area contributed by atoms with Crippen molar-refractivity contribution >= 4 is 28.3 Å². The van der Waals surface area contributed by atoms with E-state index < -0.39 is 0 Å². The van der Waals surface area contributed by atoms with Gasteiger partial charge in [0.15, 0.2) is 5.78 Å². The van der Waals surface area contributed by atoms with Crippen LogP contribution in [0.5, 0.6) is 0 Å². The number of nitrogens with one attached hydrogen (secondary N) is 1. The minimum absolute atomic E-state index is 0.0329. The number of ketones is 1. The normalized spacial score (nSPS) is 12.6. The second-order valence-corrected chi connectivity index (χ2v) is 4.99. The highest BCUT2D eigenvalue weighted by Crippen LogP contribution is 2.27. The van der Waals surface area contributed by atoms with Crippen molar-refractivity contribution in [2.75, 3.05) is 5.88 Å². The standard InChI is InChI=1S/C15H16ClNO2/c1-3-9(2)12-7-11(13(18)8-16)6-10-4-5-14(19)17-15(10)12/h4-7,9H,3,8H2,1-2H3,(H,17,19). The monoisotopic (exact) mass is 277 g/mol. The van der Waals surface area contributed by atoms with Crippen LogP contribution in [0.1, 0.15) is 42.1 Å². The van der Waals surface area contributed by atoms with Gasteiger partial charge in [0, 0.05) is 11.6 Å². The van der Waals surface area contributed by atoms with Crippen molar-refractivity contribution < 1.29 is 4.79 Å². The van der Waals surface area contributed by atoms with Crippen LogP contribution in [0.15, 0.2) is 29.1 Å². The molecule has 1 atom stereocenters. The summed E-state index contributed by atoms with van der Waals surface area (Å²) >= 11 is 5.62. The number of carbonyl (C=O) groups is 1. The van der Waals surface area contributed by atoms with Gasteiger partial charge in [-0.15, -0.1) is 11.6 Å².